The minimum Gasteiger partial charge on any atom is -0.351 e. The Morgan fingerprint density at radius 3 is 2.77 bits per heavy atom. The number of nitrogens with zero attached hydrogens (tertiary/aromatic N) is 1. The molecule has 2 heterocycles. The lowest BCUT2D eigenvalue weighted by atomic mass is 10.1. The number of hydrogen-bond acceptors (Lipinski definition) is 3. The number of carbonyl (C=O) groups is 2. The third-order valence-corrected chi connectivity index (χ3v) is 5.00. The number of para-hydroxylation sites is 1. The number of nitrogens with one attached hydrogen (secondary N) is 1. The van der Waals surface area contributed by atoms with E-state index >= 15 is 0 Å². The van der Waals surface area contributed by atoms with Gasteiger partial charge in [-0.15, -0.1) is 11.3 Å². The van der Waals surface area contributed by atoms with Crippen molar-refractivity contribution in [2.45, 2.75) is 19.9 Å². The molecule has 0 spiro atoms. The molecule has 2 amide bonds. The number of carbonyl (C=O) groups excluding carboxylic acids is 2. The Bertz CT molecular complexity index is 681. The first-order valence-corrected chi connectivity index (χ1v) is 8.22. The molecule has 0 radical (unpaired) electrons. The monoisotopic (exact) mass is 314 g/mol. The highest BCUT2D eigenvalue weighted by Gasteiger charge is 2.37. The first kappa shape index (κ1) is 14.8. The highest BCUT2D eigenvalue weighted by atomic mass is 32.1. The number of benzene rings is 1. The van der Waals surface area contributed by atoms with Gasteiger partial charge < -0.3 is 10.2 Å². The van der Waals surface area contributed by atoms with Crippen LogP contribution in [-0.4, -0.2) is 18.4 Å². The fourth-order valence-corrected chi connectivity index (χ4v) is 3.51. The van der Waals surface area contributed by atoms with Crippen molar-refractivity contribution in [2.75, 3.05) is 11.4 Å². The van der Waals surface area contributed by atoms with Crippen LogP contribution >= 0.6 is 11.3 Å². The first-order valence-electron chi connectivity index (χ1n) is 7.34. The minimum atomic E-state index is -0.569. The molecule has 114 valence electrons. The summed E-state index contributed by atoms with van der Waals surface area (Å²) < 4.78 is 0. The second-order valence-electron chi connectivity index (χ2n) is 5.41. The maximum atomic E-state index is 12.4. The molecular formula is C17H18N2O2S. The summed E-state index contributed by atoms with van der Waals surface area (Å²) in [5, 5.41) is 4.90. The molecule has 4 nitrogen and oxygen atoms in total. The second-order valence-corrected chi connectivity index (χ2v) is 6.41. The Morgan fingerprint density at radius 1 is 1.32 bits per heavy atom. The zero-order valence-electron chi connectivity index (χ0n) is 12.4. The normalized spacial score (nSPS) is 17.8. The summed E-state index contributed by atoms with van der Waals surface area (Å²) in [5.74, 6) is -0.844. The van der Waals surface area contributed by atoms with Crippen LogP contribution in [0.5, 0.6) is 0 Å². The van der Waals surface area contributed by atoms with Crippen molar-refractivity contribution in [3.63, 3.8) is 0 Å². The standard InChI is InChI=1S/C17H18N2O2S/c1-12-8-10-22-15(12)11-18-16(20)14-7-9-19(17(14)21)13-5-3-2-4-6-13/h2-6,8,10,14H,7,9,11H2,1H3,(H,18,20). The summed E-state index contributed by atoms with van der Waals surface area (Å²) in [6.45, 7) is 3.12. The van der Waals surface area contributed by atoms with Gasteiger partial charge in [-0.3, -0.25) is 9.59 Å². The van der Waals surface area contributed by atoms with E-state index < -0.39 is 5.92 Å². The van der Waals surface area contributed by atoms with E-state index in [1.54, 1.807) is 16.2 Å². The van der Waals surface area contributed by atoms with E-state index in [1.165, 1.54) is 5.56 Å². The highest BCUT2D eigenvalue weighted by Crippen LogP contribution is 2.25. The minimum absolute atomic E-state index is 0.105. The fraction of sp³-hybridized carbons (Fsp3) is 0.294. The van der Waals surface area contributed by atoms with E-state index in [0.29, 0.717) is 19.5 Å². The zero-order chi connectivity index (χ0) is 15.5. The molecule has 1 saturated heterocycles. The van der Waals surface area contributed by atoms with Gasteiger partial charge in [-0.2, -0.15) is 0 Å². The predicted molar refractivity (Wildman–Crippen MR) is 87.8 cm³/mol. The smallest absolute Gasteiger partial charge is 0.239 e. The fourth-order valence-electron chi connectivity index (χ4n) is 2.66. The van der Waals surface area contributed by atoms with E-state index in [2.05, 4.69) is 5.32 Å². The third kappa shape index (κ3) is 2.90. The van der Waals surface area contributed by atoms with Gasteiger partial charge in [0, 0.05) is 17.1 Å². The van der Waals surface area contributed by atoms with Gasteiger partial charge in [0.2, 0.25) is 11.8 Å². The van der Waals surface area contributed by atoms with Gasteiger partial charge in [0.25, 0.3) is 0 Å². The highest BCUT2D eigenvalue weighted by molar-refractivity contribution is 7.10. The molecule has 1 aliphatic rings. The Labute approximate surface area is 133 Å². The predicted octanol–water partition coefficient (Wildman–Crippen LogP) is 2.73. The molecule has 0 saturated carbocycles. The third-order valence-electron chi connectivity index (χ3n) is 3.98. The molecule has 3 rings (SSSR count). The zero-order valence-corrected chi connectivity index (χ0v) is 13.2. The molecule has 0 bridgehead atoms. The SMILES string of the molecule is Cc1ccsc1CNC(=O)C1CCN(c2ccccc2)C1=O. The topological polar surface area (TPSA) is 49.4 Å². The second kappa shape index (κ2) is 6.32. The van der Waals surface area contributed by atoms with E-state index in [1.807, 2.05) is 48.7 Å². The van der Waals surface area contributed by atoms with Crippen molar-refractivity contribution in [2.24, 2.45) is 5.92 Å². The number of aryl methyl sites for hydroxylation is 1. The molecule has 1 aromatic heterocycles. The van der Waals surface area contributed by atoms with Gasteiger partial charge >= 0.3 is 0 Å². The van der Waals surface area contributed by atoms with Crippen LogP contribution in [0, 0.1) is 12.8 Å². The lowest BCUT2D eigenvalue weighted by Gasteiger charge is -2.16. The number of thiophene rings is 1. The van der Waals surface area contributed by atoms with Crippen LogP contribution in [0.2, 0.25) is 0 Å². The van der Waals surface area contributed by atoms with Crippen molar-refractivity contribution < 1.29 is 9.59 Å². The molecular weight excluding hydrogens is 296 g/mol. The first-order chi connectivity index (χ1) is 10.7. The molecule has 0 aliphatic carbocycles. The van der Waals surface area contributed by atoms with Gasteiger partial charge in [0.1, 0.15) is 5.92 Å². The number of rotatable bonds is 4. The lowest BCUT2D eigenvalue weighted by molar-refractivity contribution is -0.132. The van der Waals surface area contributed by atoms with Crippen LogP contribution < -0.4 is 10.2 Å². The summed E-state index contributed by atoms with van der Waals surface area (Å²) in [7, 11) is 0. The molecule has 1 aromatic carbocycles. The molecule has 1 unspecified atom stereocenters. The molecule has 2 aromatic rings. The molecule has 1 N–H and O–H groups in total. The van der Waals surface area contributed by atoms with Crippen molar-refractivity contribution in [1.82, 2.24) is 5.32 Å². The van der Waals surface area contributed by atoms with Crippen molar-refractivity contribution in [3.05, 3.63) is 52.2 Å². The average Bonchev–Trinajstić information content (AvgIpc) is 3.12. The van der Waals surface area contributed by atoms with Crippen molar-refractivity contribution in [1.29, 1.82) is 0 Å². The average molecular weight is 314 g/mol. The van der Waals surface area contributed by atoms with Gasteiger partial charge in [-0.25, -0.2) is 0 Å². The number of anilines is 1. The summed E-state index contributed by atoms with van der Waals surface area (Å²) >= 11 is 1.62. The Balaban J connectivity index is 1.62. The van der Waals surface area contributed by atoms with Gasteiger partial charge in [-0.05, 0) is 42.5 Å². The van der Waals surface area contributed by atoms with Gasteiger partial charge in [-0.1, -0.05) is 18.2 Å². The van der Waals surface area contributed by atoms with Crippen LogP contribution in [0.15, 0.2) is 41.8 Å². The van der Waals surface area contributed by atoms with E-state index in [9.17, 15) is 9.59 Å². The Kier molecular flexibility index (Phi) is 4.24. The summed E-state index contributed by atoms with van der Waals surface area (Å²) in [4.78, 5) is 27.6. The van der Waals surface area contributed by atoms with Crippen LogP contribution in [0.1, 0.15) is 16.9 Å². The van der Waals surface area contributed by atoms with Gasteiger partial charge in [0.15, 0.2) is 0 Å². The van der Waals surface area contributed by atoms with Gasteiger partial charge in [0.05, 0.1) is 6.54 Å². The molecule has 1 fully saturated rings. The number of amides is 2. The molecule has 1 aliphatic heterocycles. The number of hydrogen-bond donors (Lipinski definition) is 1. The maximum absolute atomic E-state index is 12.4. The molecule has 5 heteroatoms. The Morgan fingerprint density at radius 2 is 2.09 bits per heavy atom. The lowest BCUT2D eigenvalue weighted by Crippen LogP contribution is -2.36. The van der Waals surface area contributed by atoms with Crippen LogP contribution in [0.4, 0.5) is 5.69 Å². The maximum Gasteiger partial charge on any atom is 0.239 e. The molecule has 1 atom stereocenters. The summed E-state index contributed by atoms with van der Waals surface area (Å²) in [6, 6.07) is 11.5. The summed E-state index contributed by atoms with van der Waals surface area (Å²) in [6.07, 6.45) is 0.572. The van der Waals surface area contributed by atoms with Crippen LogP contribution in [-0.2, 0) is 16.1 Å². The van der Waals surface area contributed by atoms with Crippen LogP contribution in [0.3, 0.4) is 0 Å². The van der Waals surface area contributed by atoms with E-state index in [0.717, 1.165) is 10.6 Å². The Hall–Kier alpha value is -2.14. The van der Waals surface area contributed by atoms with E-state index in [-0.39, 0.29) is 11.8 Å². The van der Waals surface area contributed by atoms with E-state index in [4.69, 9.17) is 0 Å². The van der Waals surface area contributed by atoms with Crippen LogP contribution in [0.25, 0.3) is 0 Å². The van der Waals surface area contributed by atoms with Crippen molar-refractivity contribution in [3.8, 4) is 0 Å². The largest absolute Gasteiger partial charge is 0.351 e. The molecule has 22 heavy (non-hydrogen) atoms. The summed E-state index contributed by atoms with van der Waals surface area (Å²) in [5.41, 5.74) is 2.03. The van der Waals surface area contributed by atoms with Crippen molar-refractivity contribution >= 4 is 28.8 Å². The quantitative estimate of drug-likeness (QED) is 0.882.